The van der Waals surface area contributed by atoms with Gasteiger partial charge in [0.15, 0.2) is 6.61 Å². The second-order valence-corrected chi connectivity index (χ2v) is 9.86. The summed E-state index contributed by atoms with van der Waals surface area (Å²) in [7, 11) is 1.67. The van der Waals surface area contributed by atoms with Crippen molar-refractivity contribution in [1.29, 1.82) is 0 Å². The fourth-order valence-electron chi connectivity index (χ4n) is 3.55. The number of benzene rings is 1. The van der Waals surface area contributed by atoms with Gasteiger partial charge < -0.3 is 25.1 Å². The summed E-state index contributed by atoms with van der Waals surface area (Å²) in [5.74, 6) is -2.58. The van der Waals surface area contributed by atoms with Crippen molar-refractivity contribution in [2.75, 3.05) is 24.7 Å². The number of carbonyl (C=O) groups is 4. The Bertz CT molecular complexity index is 1310. The largest absolute Gasteiger partial charge is 0.483 e. The van der Waals surface area contributed by atoms with Gasteiger partial charge in [0.2, 0.25) is 11.8 Å². The van der Waals surface area contributed by atoms with Crippen LogP contribution in [0.2, 0.25) is 0 Å². The lowest BCUT2D eigenvalue weighted by molar-refractivity contribution is -0.150. The van der Waals surface area contributed by atoms with E-state index in [2.05, 4.69) is 30.8 Å². The molecule has 2 amide bonds. The molecule has 0 aliphatic carbocycles. The molecule has 4 rings (SSSR count). The van der Waals surface area contributed by atoms with Crippen molar-refractivity contribution in [3.8, 4) is 5.75 Å². The van der Waals surface area contributed by atoms with Crippen LogP contribution >= 0.6 is 23.5 Å². The minimum absolute atomic E-state index is 0.0959. The molecule has 1 aromatic carbocycles. The van der Waals surface area contributed by atoms with Gasteiger partial charge in [-0.1, -0.05) is 29.1 Å². The minimum atomic E-state index is -1.23. The van der Waals surface area contributed by atoms with Crippen molar-refractivity contribution >= 4 is 53.5 Å². The molecule has 0 unspecified atom stereocenters. The summed E-state index contributed by atoms with van der Waals surface area (Å²) in [5.41, 5.74) is 0.901. The predicted octanol–water partition coefficient (Wildman–Crippen LogP) is -0.445. The number of para-hydroxylation sites is 1. The molecule has 0 spiro atoms. The van der Waals surface area contributed by atoms with Gasteiger partial charge in [-0.05, 0) is 28.1 Å². The number of carboxylic acids is 2. The number of oxime groups is 1. The van der Waals surface area contributed by atoms with E-state index in [0.29, 0.717) is 22.0 Å². The van der Waals surface area contributed by atoms with Crippen molar-refractivity contribution in [3.05, 3.63) is 41.1 Å². The monoisotopic (exact) mass is 563 g/mol. The van der Waals surface area contributed by atoms with Gasteiger partial charge in [-0.25, -0.2) is 14.3 Å². The number of nitrogens with one attached hydrogen (secondary N) is 1. The van der Waals surface area contributed by atoms with Crippen molar-refractivity contribution in [2.45, 2.75) is 16.6 Å². The van der Waals surface area contributed by atoms with Crippen LogP contribution in [0.15, 0.2) is 45.8 Å². The van der Waals surface area contributed by atoms with Crippen LogP contribution in [0.5, 0.6) is 5.75 Å². The Hall–Kier alpha value is -4.12. The van der Waals surface area contributed by atoms with Gasteiger partial charge in [-0.3, -0.25) is 14.5 Å². The Labute approximate surface area is 223 Å². The number of hydrogen-bond donors (Lipinski definition) is 3. The number of ether oxygens (including phenoxy) is 1. The molecule has 2 atom stereocenters. The van der Waals surface area contributed by atoms with E-state index in [9.17, 15) is 24.3 Å². The second-order valence-electron chi connectivity index (χ2n) is 7.81. The maximum Gasteiger partial charge on any atom is 0.352 e. The van der Waals surface area contributed by atoms with Crippen LogP contribution in [0.25, 0.3) is 0 Å². The molecule has 0 radical (unpaired) electrons. The van der Waals surface area contributed by atoms with E-state index in [-0.39, 0.29) is 17.2 Å². The standard InChI is InChI=1S/C21H21N7O8S2/c1-27-21(24-25-26-27)38-10-12-9-37-19-16(18(32)28(19)17(12)20(33)34)23-14(29)7-35-13-5-3-2-4-11(13)6-22-36-8-15(30)31/h2-6,16,19H,7-10H2,1H3,(H,23,29)(H,30,31)(H,33,34)/b22-6+/t16-,19-/m1/s1. The highest BCUT2D eigenvalue weighted by Crippen LogP contribution is 2.41. The third kappa shape index (κ3) is 6.05. The summed E-state index contributed by atoms with van der Waals surface area (Å²) >= 11 is 2.61. The molecule has 2 aliphatic rings. The molecule has 2 aromatic rings. The Morgan fingerprint density at radius 2 is 2.08 bits per heavy atom. The first-order valence-electron chi connectivity index (χ1n) is 10.9. The van der Waals surface area contributed by atoms with Crippen LogP contribution in [-0.2, 0) is 31.1 Å². The van der Waals surface area contributed by atoms with Crippen LogP contribution in [0.4, 0.5) is 0 Å². The van der Waals surface area contributed by atoms with E-state index < -0.39 is 48.4 Å². The first-order valence-corrected chi connectivity index (χ1v) is 12.9. The molecule has 0 saturated carbocycles. The summed E-state index contributed by atoms with van der Waals surface area (Å²) in [5, 5.41) is 35.6. The lowest BCUT2D eigenvalue weighted by atomic mass is 10.0. The van der Waals surface area contributed by atoms with Crippen molar-refractivity contribution in [1.82, 2.24) is 30.4 Å². The number of aromatic nitrogens is 4. The molecule has 1 aromatic heterocycles. The highest BCUT2D eigenvalue weighted by molar-refractivity contribution is 8.01. The zero-order chi connectivity index (χ0) is 27.2. The summed E-state index contributed by atoms with van der Waals surface area (Å²) in [4.78, 5) is 53.7. The van der Waals surface area contributed by atoms with Crippen LogP contribution in [0, 0.1) is 0 Å². The van der Waals surface area contributed by atoms with E-state index in [4.69, 9.17) is 9.84 Å². The molecule has 200 valence electrons. The number of nitrogens with zero attached hydrogens (tertiary/aromatic N) is 6. The van der Waals surface area contributed by atoms with Crippen LogP contribution in [-0.4, -0.2) is 101 Å². The summed E-state index contributed by atoms with van der Waals surface area (Å²) in [6.45, 7) is -1.02. The highest BCUT2D eigenvalue weighted by atomic mass is 32.2. The van der Waals surface area contributed by atoms with E-state index in [1.165, 1.54) is 39.3 Å². The Balaban J connectivity index is 1.34. The lowest BCUT2D eigenvalue weighted by Crippen LogP contribution is -2.70. The number of hydrogen-bond acceptors (Lipinski definition) is 12. The van der Waals surface area contributed by atoms with Gasteiger partial charge in [0.1, 0.15) is 22.9 Å². The van der Waals surface area contributed by atoms with Gasteiger partial charge in [0.05, 0.1) is 6.21 Å². The van der Waals surface area contributed by atoms with Crippen molar-refractivity contribution < 1.29 is 39.0 Å². The third-order valence-electron chi connectivity index (χ3n) is 5.26. The van der Waals surface area contributed by atoms with Crippen LogP contribution < -0.4 is 10.1 Å². The molecular formula is C21H21N7O8S2. The molecule has 15 nitrogen and oxygen atoms in total. The molecule has 1 saturated heterocycles. The maximum absolute atomic E-state index is 12.8. The van der Waals surface area contributed by atoms with E-state index >= 15 is 0 Å². The number of tetrazole rings is 1. The summed E-state index contributed by atoms with van der Waals surface area (Å²) in [6, 6.07) is 5.68. The predicted molar refractivity (Wildman–Crippen MR) is 132 cm³/mol. The van der Waals surface area contributed by atoms with Gasteiger partial charge in [-0.2, -0.15) is 0 Å². The highest BCUT2D eigenvalue weighted by Gasteiger charge is 2.54. The van der Waals surface area contributed by atoms with E-state index in [0.717, 1.165) is 0 Å². The second kappa shape index (κ2) is 12.0. The van der Waals surface area contributed by atoms with Gasteiger partial charge >= 0.3 is 11.9 Å². The minimum Gasteiger partial charge on any atom is -0.483 e. The molecule has 1 fully saturated rings. The first kappa shape index (κ1) is 26.9. The number of amides is 2. The molecule has 3 heterocycles. The smallest absolute Gasteiger partial charge is 0.352 e. The van der Waals surface area contributed by atoms with E-state index in [1.54, 1.807) is 31.3 Å². The molecule has 38 heavy (non-hydrogen) atoms. The number of carbonyl (C=O) groups excluding carboxylic acids is 2. The number of aliphatic carboxylic acids is 2. The van der Waals surface area contributed by atoms with Crippen molar-refractivity contribution in [3.63, 3.8) is 0 Å². The number of fused-ring (bicyclic) bond motifs is 1. The summed E-state index contributed by atoms with van der Waals surface area (Å²) < 4.78 is 7.00. The normalized spacial score (nSPS) is 18.7. The Morgan fingerprint density at radius 3 is 2.79 bits per heavy atom. The number of aryl methyl sites for hydroxylation is 1. The molecule has 3 N–H and O–H groups in total. The number of thioether (sulfide) groups is 2. The number of rotatable bonds is 12. The van der Waals surface area contributed by atoms with Crippen LogP contribution in [0.3, 0.4) is 0 Å². The summed E-state index contributed by atoms with van der Waals surface area (Å²) in [6.07, 6.45) is 1.25. The molecular weight excluding hydrogens is 542 g/mol. The Kier molecular flexibility index (Phi) is 8.47. The fraction of sp³-hybridized carbons (Fsp3) is 0.333. The topological polar surface area (TPSA) is 198 Å². The quantitative estimate of drug-likeness (QED) is 0.130. The zero-order valence-electron chi connectivity index (χ0n) is 19.7. The third-order valence-corrected chi connectivity index (χ3v) is 7.69. The first-order chi connectivity index (χ1) is 18.3. The van der Waals surface area contributed by atoms with E-state index in [1.807, 2.05) is 0 Å². The molecule has 2 aliphatic heterocycles. The van der Waals surface area contributed by atoms with Gasteiger partial charge in [0, 0.05) is 24.1 Å². The van der Waals surface area contributed by atoms with Crippen molar-refractivity contribution in [2.24, 2.45) is 12.2 Å². The number of β-lactam (4-membered cyclic amide) rings is 1. The van der Waals surface area contributed by atoms with Gasteiger partial charge in [-0.15, -0.1) is 16.9 Å². The SMILES string of the molecule is Cn1nnnc1SCC1=C(C(=O)O)N2C(=O)[C@@H](NC(=O)COc3ccccc3/C=N/OCC(=O)O)[C@H]2SC1. The molecule has 0 bridgehead atoms. The van der Waals surface area contributed by atoms with Gasteiger partial charge in [0.25, 0.3) is 11.8 Å². The zero-order valence-corrected chi connectivity index (χ0v) is 21.3. The maximum atomic E-state index is 12.8. The average Bonchev–Trinajstić information content (AvgIpc) is 3.31. The average molecular weight is 564 g/mol. The molecule has 17 heteroatoms. The van der Waals surface area contributed by atoms with Crippen LogP contribution in [0.1, 0.15) is 5.56 Å². The fourth-order valence-corrected chi connectivity index (χ4v) is 5.89. The lowest BCUT2D eigenvalue weighted by Gasteiger charge is -2.49. The Morgan fingerprint density at radius 1 is 1.29 bits per heavy atom. The number of carboxylic acid groups (broad SMARTS) is 2.